The lowest BCUT2D eigenvalue weighted by Gasteiger charge is -2.12. The lowest BCUT2D eigenvalue weighted by atomic mass is 10.4. The normalized spacial score (nSPS) is 10.8. The Labute approximate surface area is 171 Å². The van der Waals surface area contributed by atoms with Crippen LogP contribution in [0.2, 0.25) is 5.02 Å². The number of thioether (sulfide) groups is 1. The molecule has 2 N–H and O–H groups in total. The number of rotatable bonds is 8. The van der Waals surface area contributed by atoms with E-state index in [1.54, 1.807) is 30.8 Å². The summed E-state index contributed by atoms with van der Waals surface area (Å²) in [6.45, 7) is 4.08. The maximum absolute atomic E-state index is 11.5. The maximum Gasteiger partial charge on any atom is 0.223 e. The van der Waals surface area contributed by atoms with Crippen molar-refractivity contribution in [2.45, 2.75) is 18.2 Å². The van der Waals surface area contributed by atoms with Gasteiger partial charge >= 0.3 is 0 Å². The van der Waals surface area contributed by atoms with Crippen LogP contribution in [-0.2, 0) is 4.79 Å². The zero-order valence-corrected chi connectivity index (χ0v) is 18.2. The van der Waals surface area contributed by atoms with Gasteiger partial charge in [-0.05, 0) is 31.2 Å². The monoisotopic (exact) mass is 484 g/mol. The Morgan fingerprint density at radius 3 is 2.50 bits per heavy atom. The van der Waals surface area contributed by atoms with Crippen molar-refractivity contribution in [3.63, 3.8) is 0 Å². The molecule has 5 nitrogen and oxygen atoms in total. The number of amides is 1. The Balaban J connectivity index is 0.00000529. The van der Waals surface area contributed by atoms with Gasteiger partial charge in [0.25, 0.3) is 0 Å². The van der Waals surface area contributed by atoms with Crippen molar-refractivity contribution in [3.05, 3.63) is 29.3 Å². The summed E-state index contributed by atoms with van der Waals surface area (Å²) in [6, 6.07) is 7.81. The first kappa shape index (κ1) is 23.3. The molecule has 1 aromatic rings. The number of nitrogens with one attached hydrogen (secondary N) is 2. The van der Waals surface area contributed by atoms with Gasteiger partial charge in [-0.3, -0.25) is 9.79 Å². The Hall–Kier alpha value is -0.670. The van der Waals surface area contributed by atoms with Crippen LogP contribution in [0.25, 0.3) is 0 Å². The zero-order chi connectivity index (χ0) is 17.1. The number of benzene rings is 1. The third-order valence-electron chi connectivity index (χ3n) is 2.92. The van der Waals surface area contributed by atoms with Gasteiger partial charge in [0.2, 0.25) is 5.91 Å². The summed E-state index contributed by atoms with van der Waals surface area (Å²) in [4.78, 5) is 18.7. The Morgan fingerprint density at radius 1 is 1.25 bits per heavy atom. The van der Waals surface area contributed by atoms with E-state index in [-0.39, 0.29) is 29.9 Å². The molecule has 0 saturated heterocycles. The summed E-state index contributed by atoms with van der Waals surface area (Å²) in [5.41, 5.74) is 0. The fourth-order valence-corrected chi connectivity index (χ4v) is 2.59. The number of nitrogens with zero attached hydrogens (tertiary/aromatic N) is 2. The number of halogens is 2. The maximum atomic E-state index is 11.5. The number of carbonyl (C=O) groups is 1. The molecule has 1 amide bonds. The minimum absolute atomic E-state index is 0. The molecular weight excluding hydrogens is 459 g/mol. The minimum Gasteiger partial charge on any atom is -0.357 e. The van der Waals surface area contributed by atoms with Gasteiger partial charge < -0.3 is 15.5 Å². The van der Waals surface area contributed by atoms with Crippen LogP contribution in [0.4, 0.5) is 0 Å². The van der Waals surface area contributed by atoms with Crippen molar-refractivity contribution in [2.75, 3.05) is 39.5 Å². The van der Waals surface area contributed by atoms with Gasteiger partial charge in [-0.15, -0.1) is 35.7 Å². The van der Waals surface area contributed by atoms with Crippen LogP contribution in [0.1, 0.15) is 13.3 Å². The molecule has 8 heteroatoms. The zero-order valence-electron chi connectivity index (χ0n) is 14.3. The second-order valence-electron chi connectivity index (χ2n) is 5.03. The number of guanidine groups is 1. The van der Waals surface area contributed by atoms with E-state index in [1.165, 1.54) is 4.90 Å². The van der Waals surface area contributed by atoms with E-state index in [4.69, 9.17) is 11.6 Å². The third-order valence-corrected chi connectivity index (χ3v) is 4.18. The molecule has 0 unspecified atom stereocenters. The number of hydrogen-bond acceptors (Lipinski definition) is 3. The van der Waals surface area contributed by atoms with Crippen LogP contribution in [0, 0.1) is 0 Å². The molecule has 0 saturated carbocycles. The molecule has 0 aromatic heterocycles. The molecule has 24 heavy (non-hydrogen) atoms. The smallest absolute Gasteiger partial charge is 0.223 e. The van der Waals surface area contributed by atoms with Crippen molar-refractivity contribution in [1.82, 2.24) is 15.5 Å². The molecule has 0 bridgehead atoms. The first-order chi connectivity index (χ1) is 11.0. The standard InChI is InChI=1S/C16H25ClN4OS.HI/c1-4-18-16(19-10-9-15(22)21(2)3)20-11-12-23-14-7-5-13(17)6-8-14;/h5-8H,4,9-12H2,1-3H3,(H2,18,19,20);1H. The molecule has 1 rings (SSSR count). The molecule has 0 aliphatic heterocycles. The minimum atomic E-state index is 0. The average molecular weight is 485 g/mol. The molecule has 136 valence electrons. The Bertz CT molecular complexity index is 511. The Kier molecular flexibility index (Phi) is 13.2. The predicted molar refractivity (Wildman–Crippen MR) is 115 cm³/mol. The van der Waals surface area contributed by atoms with Crippen molar-refractivity contribution in [2.24, 2.45) is 4.99 Å². The lowest BCUT2D eigenvalue weighted by Crippen LogP contribution is -2.38. The van der Waals surface area contributed by atoms with Crippen molar-refractivity contribution in [1.29, 1.82) is 0 Å². The highest BCUT2D eigenvalue weighted by Gasteiger charge is 2.03. The summed E-state index contributed by atoms with van der Waals surface area (Å²) in [6.07, 6.45) is 0.420. The van der Waals surface area contributed by atoms with E-state index in [0.717, 1.165) is 29.8 Å². The fraction of sp³-hybridized carbons (Fsp3) is 0.500. The van der Waals surface area contributed by atoms with Crippen LogP contribution < -0.4 is 10.6 Å². The van der Waals surface area contributed by atoms with Gasteiger partial charge in [-0.2, -0.15) is 0 Å². The van der Waals surface area contributed by atoms with E-state index in [2.05, 4.69) is 15.6 Å². The molecule has 0 spiro atoms. The summed E-state index contributed by atoms with van der Waals surface area (Å²) < 4.78 is 0. The second-order valence-corrected chi connectivity index (χ2v) is 6.63. The highest BCUT2D eigenvalue weighted by atomic mass is 127. The summed E-state index contributed by atoms with van der Waals surface area (Å²) in [7, 11) is 3.51. The van der Waals surface area contributed by atoms with Crippen molar-refractivity contribution >= 4 is 59.2 Å². The number of carbonyl (C=O) groups excluding carboxylic acids is 1. The molecule has 1 aromatic carbocycles. The number of aliphatic imine (C=N–C) groups is 1. The highest BCUT2D eigenvalue weighted by molar-refractivity contribution is 14.0. The van der Waals surface area contributed by atoms with E-state index in [1.807, 2.05) is 31.2 Å². The lowest BCUT2D eigenvalue weighted by molar-refractivity contribution is -0.128. The molecular formula is C16H26ClIN4OS. The summed E-state index contributed by atoms with van der Waals surface area (Å²) in [5, 5.41) is 7.20. The second kappa shape index (κ2) is 13.6. The van der Waals surface area contributed by atoms with Gasteiger partial charge in [0, 0.05) is 49.3 Å². The van der Waals surface area contributed by atoms with Crippen LogP contribution in [-0.4, -0.2) is 56.2 Å². The fourth-order valence-electron chi connectivity index (χ4n) is 1.70. The quantitative estimate of drug-likeness (QED) is 0.196. The van der Waals surface area contributed by atoms with Crippen LogP contribution in [0.15, 0.2) is 34.2 Å². The first-order valence-corrected chi connectivity index (χ1v) is 9.00. The summed E-state index contributed by atoms with van der Waals surface area (Å²) >= 11 is 7.62. The van der Waals surface area contributed by atoms with Crippen LogP contribution in [0.5, 0.6) is 0 Å². The SMILES string of the molecule is CCNC(=NCCC(=O)N(C)C)NCCSc1ccc(Cl)cc1.I. The highest BCUT2D eigenvalue weighted by Crippen LogP contribution is 2.19. The predicted octanol–water partition coefficient (Wildman–Crippen LogP) is 3.08. The van der Waals surface area contributed by atoms with Crippen molar-refractivity contribution < 1.29 is 4.79 Å². The van der Waals surface area contributed by atoms with Crippen LogP contribution in [0.3, 0.4) is 0 Å². The summed E-state index contributed by atoms with van der Waals surface area (Å²) in [5.74, 6) is 1.75. The number of hydrogen-bond donors (Lipinski definition) is 2. The van der Waals surface area contributed by atoms with E-state index in [0.29, 0.717) is 13.0 Å². The van der Waals surface area contributed by atoms with E-state index in [9.17, 15) is 4.79 Å². The molecule has 0 fully saturated rings. The Morgan fingerprint density at radius 2 is 1.92 bits per heavy atom. The average Bonchev–Trinajstić information content (AvgIpc) is 2.52. The van der Waals surface area contributed by atoms with Gasteiger partial charge in [-0.1, -0.05) is 11.6 Å². The molecule has 0 heterocycles. The van der Waals surface area contributed by atoms with Gasteiger partial charge in [0.05, 0.1) is 6.54 Å². The topological polar surface area (TPSA) is 56.7 Å². The molecule has 0 aliphatic carbocycles. The van der Waals surface area contributed by atoms with E-state index < -0.39 is 0 Å². The van der Waals surface area contributed by atoms with Crippen LogP contribution >= 0.6 is 47.3 Å². The molecule has 0 atom stereocenters. The van der Waals surface area contributed by atoms with E-state index >= 15 is 0 Å². The first-order valence-electron chi connectivity index (χ1n) is 7.63. The van der Waals surface area contributed by atoms with Gasteiger partial charge in [0.15, 0.2) is 5.96 Å². The van der Waals surface area contributed by atoms with Gasteiger partial charge in [0.1, 0.15) is 0 Å². The molecule has 0 aliphatic rings. The van der Waals surface area contributed by atoms with Gasteiger partial charge in [-0.25, -0.2) is 0 Å². The van der Waals surface area contributed by atoms with Crippen molar-refractivity contribution in [3.8, 4) is 0 Å². The third kappa shape index (κ3) is 10.2. The largest absolute Gasteiger partial charge is 0.357 e. The molecule has 0 radical (unpaired) electrons.